The zero-order chi connectivity index (χ0) is 12.9. The van der Waals surface area contributed by atoms with Gasteiger partial charge in [0, 0.05) is 31.2 Å². The normalized spacial score (nSPS) is 17.2. The second-order valence-corrected chi connectivity index (χ2v) is 6.13. The van der Waals surface area contributed by atoms with Crippen molar-refractivity contribution in [3.05, 3.63) is 12.2 Å². The van der Waals surface area contributed by atoms with Gasteiger partial charge in [0.25, 0.3) is 0 Å². The van der Waals surface area contributed by atoms with Gasteiger partial charge < -0.3 is 10.4 Å². The van der Waals surface area contributed by atoms with E-state index in [0.29, 0.717) is 6.04 Å². The number of aliphatic hydroxyl groups excluding tert-OH is 1. The molecule has 0 aromatic carbocycles. The van der Waals surface area contributed by atoms with Crippen LogP contribution in [0.5, 0.6) is 0 Å². The molecule has 3 heteroatoms. The predicted molar refractivity (Wildman–Crippen MR) is 73.2 cm³/mol. The van der Waals surface area contributed by atoms with Gasteiger partial charge in [0.1, 0.15) is 0 Å². The van der Waals surface area contributed by atoms with Crippen molar-refractivity contribution in [3.8, 4) is 0 Å². The van der Waals surface area contributed by atoms with E-state index in [4.69, 9.17) is 5.11 Å². The number of nitrogens with zero attached hydrogens (tertiary/aromatic N) is 1. The summed E-state index contributed by atoms with van der Waals surface area (Å²) in [6.07, 6.45) is 3.89. The Labute approximate surface area is 106 Å². The van der Waals surface area contributed by atoms with E-state index in [1.54, 1.807) is 0 Å². The number of nitrogens with one attached hydrogen (secondary N) is 1. The topological polar surface area (TPSA) is 35.5 Å². The van der Waals surface area contributed by atoms with Gasteiger partial charge in [0.2, 0.25) is 0 Å². The number of rotatable bonds is 7. The molecule has 0 spiro atoms. The standard InChI is InChI=1S/C14H28N2O/c1-12(10-15-14(2,3)4)11-16(8-9-17)13-6-5-7-13/h13,15,17H,1,5-11H2,2-4H3. The van der Waals surface area contributed by atoms with E-state index in [1.807, 2.05) is 0 Å². The molecule has 1 aliphatic rings. The monoisotopic (exact) mass is 240 g/mol. The molecular formula is C14H28N2O. The zero-order valence-electron chi connectivity index (χ0n) is 11.6. The molecule has 1 rings (SSSR count). The van der Waals surface area contributed by atoms with E-state index in [9.17, 15) is 0 Å². The van der Waals surface area contributed by atoms with Gasteiger partial charge in [-0.15, -0.1) is 0 Å². The fourth-order valence-corrected chi connectivity index (χ4v) is 2.00. The van der Waals surface area contributed by atoms with Crippen LogP contribution in [0.25, 0.3) is 0 Å². The highest BCUT2D eigenvalue weighted by molar-refractivity contribution is 5.02. The maximum absolute atomic E-state index is 9.09. The van der Waals surface area contributed by atoms with Gasteiger partial charge in [-0.1, -0.05) is 13.0 Å². The molecule has 17 heavy (non-hydrogen) atoms. The van der Waals surface area contributed by atoms with Crippen molar-refractivity contribution in [2.75, 3.05) is 26.2 Å². The third kappa shape index (κ3) is 5.66. The van der Waals surface area contributed by atoms with Gasteiger partial charge in [-0.25, -0.2) is 0 Å². The van der Waals surface area contributed by atoms with Gasteiger partial charge >= 0.3 is 0 Å². The van der Waals surface area contributed by atoms with Crippen LogP contribution >= 0.6 is 0 Å². The first-order valence-corrected chi connectivity index (χ1v) is 6.69. The first-order valence-electron chi connectivity index (χ1n) is 6.69. The van der Waals surface area contributed by atoms with Crippen LogP contribution in [0.15, 0.2) is 12.2 Å². The Hall–Kier alpha value is -0.380. The van der Waals surface area contributed by atoms with Gasteiger partial charge in [-0.2, -0.15) is 0 Å². The van der Waals surface area contributed by atoms with Crippen LogP contribution in [0.1, 0.15) is 40.0 Å². The van der Waals surface area contributed by atoms with Crippen molar-refractivity contribution in [2.24, 2.45) is 0 Å². The molecule has 0 saturated heterocycles. The Morgan fingerprint density at radius 1 is 1.41 bits per heavy atom. The molecule has 100 valence electrons. The Morgan fingerprint density at radius 2 is 2.06 bits per heavy atom. The summed E-state index contributed by atoms with van der Waals surface area (Å²) in [5.41, 5.74) is 1.35. The summed E-state index contributed by atoms with van der Waals surface area (Å²) < 4.78 is 0. The quantitative estimate of drug-likeness (QED) is 0.666. The summed E-state index contributed by atoms with van der Waals surface area (Å²) >= 11 is 0. The fourth-order valence-electron chi connectivity index (χ4n) is 2.00. The Bertz CT molecular complexity index is 241. The molecule has 1 aliphatic carbocycles. The Kier molecular flexibility index (Phi) is 5.63. The van der Waals surface area contributed by atoms with Crippen LogP contribution < -0.4 is 5.32 Å². The largest absolute Gasteiger partial charge is 0.395 e. The van der Waals surface area contributed by atoms with E-state index in [-0.39, 0.29) is 12.1 Å². The Morgan fingerprint density at radius 3 is 2.47 bits per heavy atom. The van der Waals surface area contributed by atoms with Crippen molar-refractivity contribution in [1.29, 1.82) is 0 Å². The molecule has 1 saturated carbocycles. The van der Waals surface area contributed by atoms with E-state index < -0.39 is 0 Å². The minimum absolute atomic E-state index is 0.140. The van der Waals surface area contributed by atoms with Crippen molar-refractivity contribution in [3.63, 3.8) is 0 Å². The molecule has 0 heterocycles. The second-order valence-electron chi connectivity index (χ2n) is 6.13. The SMILES string of the molecule is C=C(CNC(C)(C)C)CN(CCO)C1CCC1. The number of hydrogen-bond acceptors (Lipinski definition) is 3. The summed E-state index contributed by atoms with van der Waals surface area (Å²) in [5.74, 6) is 0. The first kappa shape index (κ1) is 14.7. The third-order valence-corrected chi connectivity index (χ3v) is 3.27. The average molecular weight is 240 g/mol. The molecule has 2 N–H and O–H groups in total. The zero-order valence-corrected chi connectivity index (χ0v) is 11.6. The maximum atomic E-state index is 9.09. The van der Waals surface area contributed by atoms with Crippen molar-refractivity contribution in [2.45, 2.75) is 51.6 Å². The Balaban J connectivity index is 2.30. The lowest BCUT2D eigenvalue weighted by atomic mass is 9.91. The lowest BCUT2D eigenvalue weighted by Crippen LogP contribution is -2.44. The molecule has 0 bridgehead atoms. The number of aliphatic hydroxyl groups is 1. The molecule has 0 aliphatic heterocycles. The van der Waals surface area contributed by atoms with Gasteiger partial charge in [0.05, 0.1) is 6.61 Å². The second kappa shape index (κ2) is 6.53. The van der Waals surface area contributed by atoms with Crippen LogP contribution in [-0.2, 0) is 0 Å². The first-order chi connectivity index (χ1) is 7.92. The highest BCUT2D eigenvalue weighted by atomic mass is 16.3. The summed E-state index contributed by atoms with van der Waals surface area (Å²) in [4.78, 5) is 2.37. The summed E-state index contributed by atoms with van der Waals surface area (Å²) in [6, 6.07) is 0.675. The molecule has 0 aromatic rings. The van der Waals surface area contributed by atoms with Crippen LogP contribution in [0.4, 0.5) is 0 Å². The van der Waals surface area contributed by atoms with E-state index in [0.717, 1.165) is 19.6 Å². The molecule has 0 unspecified atom stereocenters. The molecule has 0 amide bonds. The summed E-state index contributed by atoms with van der Waals surface area (Å²) in [7, 11) is 0. The van der Waals surface area contributed by atoms with Crippen molar-refractivity contribution < 1.29 is 5.11 Å². The minimum atomic E-state index is 0.140. The summed E-state index contributed by atoms with van der Waals surface area (Å²) in [5, 5.41) is 12.5. The molecule has 0 radical (unpaired) electrons. The lowest BCUT2D eigenvalue weighted by Gasteiger charge is -2.38. The highest BCUT2D eigenvalue weighted by Gasteiger charge is 2.24. The van der Waals surface area contributed by atoms with Gasteiger partial charge in [0.15, 0.2) is 0 Å². The fraction of sp³-hybridized carbons (Fsp3) is 0.857. The van der Waals surface area contributed by atoms with Crippen LogP contribution in [-0.4, -0.2) is 47.8 Å². The molecule has 3 nitrogen and oxygen atoms in total. The minimum Gasteiger partial charge on any atom is -0.395 e. The lowest BCUT2D eigenvalue weighted by molar-refractivity contribution is 0.110. The maximum Gasteiger partial charge on any atom is 0.0558 e. The van der Waals surface area contributed by atoms with E-state index in [1.165, 1.54) is 24.8 Å². The van der Waals surface area contributed by atoms with Crippen LogP contribution in [0, 0.1) is 0 Å². The molecule has 1 fully saturated rings. The van der Waals surface area contributed by atoms with Gasteiger partial charge in [-0.05, 0) is 39.2 Å². The smallest absolute Gasteiger partial charge is 0.0558 e. The highest BCUT2D eigenvalue weighted by Crippen LogP contribution is 2.24. The van der Waals surface area contributed by atoms with Crippen LogP contribution in [0.2, 0.25) is 0 Å². The van der Waals surface area contributed by atoms with Crippen molar-refractivity contribution >= 4 is 0 Å². The molecule has 0 aromatic heterocycles. The summed E-state index contributed by atoms with van der Waals surface area (Å²) in [6.45, 7) is 13.4. The predicted octanol–water partition coefficient (Wildman–Crippen LogP) is 1.78. The average Bonchev–Trinajstić information content (AvgIpc) is 2.11. The van der Waals surface area contributed by atoms with E-state index in [2.05, 4.69) is 37.6 Å². The molecular weight excluding hydrogens is 212 g/mol. The van der Waals surface area contributed by atoms with E-state index >= 15 is 0 Å². The van der Waals surface area contributed by atoms with Crippen molar-refractivity contribution in [1.82, 2.24) is 10.2 Å². The molecule has 0 atom stereocenters. The third-order valence-electron chi connectivity index (χ3n) is 3.27. The number of hydrogen-bond donors (Lipinski definition) is 2. The van der Waals surface area contributed by atoms with Crippen LogP contribution in [0.3, 0.4) is 0 Å². The van der Waals surface area contributed by atoms with Gasteiger partial charge in [-0.3, -0.25) is 4.90 Å².